The third kappa shape index (κ3) is 4.32. The number of hydrogen-bond donors (Lipinski definition) is 2. The molecule has 6 nitrogen and oxygen atoms in total. The minimum absolute atomic E-state index is 0.0151. The Morgan fingerprint density at radius 2 is 2.16 bits per heavy atom. The van der Waals surface area contributed by atoms with Crippen molar-refractivity contribution in [3.05, 3.63) is 24.3 Å². The van der Waals surface area contributed by atoms with Crippen molar-refractivity contribution >= 4 is 11.6 Å². The van der Waals surface area contributed by atoms with Gasteiger partial charge in [-0.2, -0.15) is 0 Å². The van der Waals surface area contributed by atoms with E-state index in [1.807, 2.05) is 24.3 Å². The van der Waals surface area contributed by atoms with E-state index < -0.39 is 0 Å². The average Bonchev–Trinajstić information content (AvgIpc) is 2.64. The molecule has 2 aliphatic rings. The minimum Gasteiger partial charge on any atom is -0.495 e. The predicted molar refractivity (Wildman–Crippen MR) is 95.8 cm³/mol. The molecule has 2 heterocycles. The maximum atomic E-state index is 12.2. The van der Waals surface area contributed by atoms with Gasteiger partial charge < -0.3 is 24.8 Å². The van der Waals surface area contributed by atoms with Crippen molar-refractivity contribution in [3.8, 4) is 5.75 Å². The number of anilines is 1. The Morgan fingerprint density at radius 1 is 1.40 bits per heavy atom. The molecule has 1 amide bonds. The zero-order valence-corrected chi connectivity index (χ0v) is 14.9. The Labute approximate surface area is 149 Å². The van der Waals surface area contributed by atoms with Crippen LogP contribution in [0, 0.1) is 0 Å². The summed E-state index contributed by atoms with van der Waals surface area (Å²) in [5, 5.41) is 13.2. The van der Waals surface area contributed by atoms with Crippen LogP contribution >= 0.6 is 0 Å². The number of nitrogens with one attached hydrogen (secondary N) is 1. The molecule has 25 heavy (non-hydrogen) atoms. The number of carbonyl (C=O) groups excluding carboxylic acids is 1. The Morgan fingerprint density at radius 3 is 2.88 bits per heavy atom. The van der Waals surface area contributed by atoms with Crippen LogP contribution in [0.2, 0.25) is 0 Å². The topological polar surface area (TPSA) is 71.0 Å². The Balaban J connectivity index is 1.44. The first-order valence-electron chi connectivity index (χ1n) is 9.10. The molecule has 0 saturated carbocycles. The number of hydrogen-bond acceptors (Lipinski definition) is 5. The third-order valence-corrected chi connectivity index (χ3v) is 5.36. The maximum Gasteiger partial charge on any atom is 0.225 e. The summed E-state index contributed by atoms with van der Waals surface area (Å²) in [5.41, 5.74) is 0.348. The van der Waals surface area contributed by atoms with E-state index >= 15 is 0 Å². The van der Waals surface area contributed by atoms with Crippen molar-refractivity contribution in [1.82, 2.24) is 4.90 Å². The van der Waals surface area contributed by atoms with Crippen molar-refractivity contribution in [1.29, 1.82) is 0 Å². The molecule has 0 aliphatic carbocycles. The smallest absolute Gasteiger partial charge is 0.225 e. The highest BCUT2D eigenvalue weighted by Gasteiger charge is 2.43. The third-order valence-electron chi connectivity index (χ3n) is 5.36. The van der Waals surface area contributed by atoms with Gasteiger partial charge in [0.1, 0.15) is 5.75 Å². The molecule has 2 fully saturated rings. The first-order valence-corrected chi connectivity index (χ1v) is 9.10. The Kier molecular flexibility index (Phi) is 5.93. The van der Waals surface area contributed by atoms with Gasteiger partial charge in [0.05, 0.1) is 24.5 Å². The van der Waals surface area contributed by atoms with E-state index in [0.29, 0.717) is 24.4 Å². The van der Waals surface area contributed by atoms with Gasteiger partial charge in [0.15, 0.2) is 0 Å². The van der Waals surface area contributed by atoms with Crippen LogP contribution < -0.4 is 10.1 Å². The van der Waals surface area contributed by atoms with E-state index in [0.717, 1.165) is 45.4 Å². The summed E-state index contributed by atoms with van der Waals surface area (Å²) in [5.74, 6) is 0.651. The predicted octanol–water partition coefficient (Wildman–Crippen LogP) is 2.03. The maximum absolute atomic E-state index is 12.2. The molecule has 2 saturated heterocycles. The second-order valence-electron chi connectivity index (χ2n) is 6.91. The van der Waals surface area contributed by atoms with Crippen molar-refractivity contribution in [2.24, 2.45) is 0 Å². The zero-order valence-electron chi connectivity index (χ0n) is 14.9. The van der Waals surface area contributed by atoms with E-state index in [2.05, 4.69) is 10.2 Å². The normalized spacial score (nSPS) is 23.4. The van der Waals surface area contributed by atoms with Gasteiger partial charge in [0, 0.05) is 32.7 Å². The van der Waals surface area contributed by atoms with Gasteiger partial charge in [-0.15, -0.1) is 0 Å². The number of methoxy groups -OCH3 is 1. The molecule has 3 rings (SSSR count). The molecule has 1 aromatic carbocycles. The molecule has 1 spiro atoms. The standard InChI is InChI=1S/C19H28N2O4/c1-24-16-6-3-2-5-15(16)20-18(23)8-11-21-12-9-19(10-13-21)17(22)7-4-14-25-19/h2-3,5-6,17,22H,4,7-14H2,1H3,(H,20,23)/t17-/m0/s1. The summed E-state index contributed by atoms with van der Waals surface area (Å²) in [6.07, 6.45) is 3.54. The molecule has 138 valence electrons. The SMILES string of the molecule is COc1ccccc1NC(=O)CCN1CCC2(CC1)OCCC[C@@H]2O. The van der Waals surface area contributed by atoms with Crippen molar-refractivity contribution < 1.29 is 19.4 Å². The van der Waals surface area contributed by atoms with E-state index in [1.165, 1.54) is 0 Å². The molecule has 0 aromatic heterocycles. The molecule has 1 aromatic rings. The number of ether oxygens (including phenoxy) is 2. The number of rotatable bonds is 5. The van der Waals surface area contributed by atoms with E-state index in [4.69, 9.17) is 9.47 Å². The summed E-state index contributed by atoms with van der Waals surface area (Å²) in [4.78, 5) is 14.5. The highest BCUT2D eigenvalue weighted by molar-refractivity contribution is 5.92. The lowest BCUT2D eigenvalue weighted by molar-refractivity contribution is -0.176. The highest BCUT2D eigenvalue weighted by Crippen LogP contribution is 2.35. The summed E-state index contributed by atoms with van der Waals surface area (Å²) < 4.78 is 11.2. The van der Waals surface area contributed by atoms with Crippen LogP contribution in [-0.2, 0) is 9.53 Å². The largest absolute Gasteiger partial charge is 0.495 e. The van der Waals surface area contributed by atoms with Crippen molar-refractivity contribution in [3.63, 3.8) is 0 Å². The first-order chi connectivity index (χ1) is 12.1. The summed E-state index contributed by atoms with van der Waals surface area (Å²) >= 11 is 0. The van der Waals surface area contributed by atoms with E-state index in [-0.39, 0.29) is 17.6 Å². The quantitative estimate of drug-likeness (QED) is 0.852. The minimum atomic E-state index is -0.353. The second-order valence-corrected chi connectivity index (χ2v) is 6.91. The number of para-hydroxylation sites is 2. The zero-order chi connectivity index (χ0) is 17.7. The van der Waals surface area contributed by atoms with Gasteiger partial charge in [-0.25, -0.2) is 0 Å². The number of amides is 1. The lowest BCUT2D eigenvalue weighted by Crippen LogP contribution is -2.55. The summed E-state index contributed by atoms with van der Waals surface area (Å²) in [7, 11) is 1.59. The highest BCUT2D eigenvalue weighted by atomic mass is 16.5. The molecular weight excluding hydrogens is 320 g/mol. The van der Waals surface area contributed by atoms with Crippen molar-refractivity contribution in [2.75, 3.05) is 38.7 Å². The Hall–Kier alpha value is -1.63. The fourth-order valence-corrected chi connectivity index (χ4v) is 3.76. The number of nitrogens with zero attached hydrogens (tertiary/aromatic N) is 1. The number of benzene rings is 1. The van der Waals surface area contributed by atoms with E-state index in [9.17, 15) is 9.90 Å². The summed E-state index contributed by atoms with van der Waals surface area (Å²) in [6, 6.07) is 7.41. The monoisotopic (exact) mass is 348 g/mol. The number of aliphatic hydroxyl groups excluding tert-OH is 1. The molecule has 2 N–H and O–H groups in total. The molecule has 0 unspecified atom stereocenters. The van der Waals surface area contributed by atoms with Crippen LogP contribution in [0.15, 0.2) is 24.3 Å². The fourth-order valence-electron chi connectivity index (χ4n) is 3.76. The van der Waals surface area contributed by atoms with Gasteiger partial charge >= 0.3 is 0 Å². The van der Waals surface area contributed by atoms with E-state index in [1.54, 1.807) is 7.11 Å². The molecule has 1 atom stereocenters. The van der Waals surface area contributed by atoms with Gasteiger partial charge in [-0.3, -0.25) is 4.79 Å². The van der Waals surface area contributed by atoms with Crippen LogP contribution in [0.1, 0.15) is 32.1 Å². The first kappa shape index (κ1) is 18.2. The second kappa shape index (κ2) is 8.17. The number of likely N-dealkylation sites (tertiary alicyclic amines) is 1. The van der Waals surface area contributed by atoms with Gasteiger partial charge in [0.2, 0.25) is 5.91 Å². The number of carbonyl (C=O) groups is 1. The van der Waals surface area contributed by atoms with Crippen LogP contribution in [-0.4, -0.2) is 61.0 Å². The summed E-state index contributed by atoms with van der Waals surface area (Å²) in [6.45, 7) is 3.18. The van der Waals surface area contributed by atoms with Gasteiger partial charge in [-0.05, 0) is 37.8 Å². The molecule has 0 bridgehead atoms. The fraction of sp³-hybridized carbons (Fsp3) is 0.632. The number of aliphatic hydroxyl groups is 1. The van der Waals surface area contributed by atoms with Crippen LogP contribution in [0.3, 0.4) is 0 Å². The molecule has 2 aliphatic heterocycles. The lowest BCUT2D eigenvalue weighted by Gasteiger charge is -2.46. The lowest BCUT2D eigenvalue weighted by atomic mass is 9.82. The van der Waals surface area contributed by atoms with Crippen LogP contribution in [0.5, 0.6) is 5.75 Å². The van der Waals surface area contributed by atoms with Crippen LogP contribution in [0.25, 0.3) is 0 Å². The molecular formula is C19H28N2O4. The number of piperidine rings is 1. The van der Waals surface area contributed by atoms with Crippen LogP contribution in [0.4, 0.5) is 5.69 Å². The van der Waals surface area contributed by atoms with Gasteiger partial charge in [-0.1, -0.05) is 12.1 Å². The Bertz CT molecular complexity index is 585. The van der Waals surface area contributed by atoms with Crippen molar-refractivity contribution in [2.45, 2.75) is 43.8 Å². The molecule has 6 heteroatoms. The molecule has 0 radical (unpaired) electrons. The van der Waals surface area contributed by atoms with Gasteiger partial charge in [0.25, 0.3) is 0 Å². The average molecular weight is 348 g/mol.